The van der Waals surface area contributed by atoms with E-state index in [4.69, 9.17) is 5.26 Å². The molecule has 0 bridgehead atoms. The first kappa shape index (κ1) is 21.7. The van der Waals surface area contributed by atoms with Gasteiger partial charge in [-0.3, -0.25) is 14.1 Å². The Morgan fingerprint density at radius 2 is 1.94 bits per heavy atom. The van der Waals surface area contributed by atoms with E-state index >= 15 is 0 Å². The Kier molecular flexibility index (Phi) is 5.14. The number of imidazole rings is 1. The summed E-state index contributed by atoms with van der Waals surface area (Å²) in [5.41, 5.74) is 0.886. The molecule has 0 saturated heterocycles. The van der Waals surface area contributed by atoms with Gasteiger partial charge in [0.1, 0.15) is 17.7 Å². The van der Waals surface area contributed by atoms with Crippen LogP contribution in [0.4, 0.5) is 10.2 Å². The first-order valence-electron chi connectivity index (χ1n) is 10.4. The summed E-state index contributed by atoms with van der Waals surface area (Å²) in [6, 6.07) is 14.4. The number of carbonyl (C=O) groups is 1. The van der Waals surface area contributed by atoms with Gasteiger partial charge in [-0.1, -0.05) is 24.3 Å². The maximum absolute atomic E-state index is 14.3. The van der Waals surface area contributed by atoms with Gasteiger partial charge in [0, 0.05) is 29.6 Å². The number of sulfone groups is 1. The van der Waals surface area contributed by atoms with Crippen molar-refractivity contribution in [3.05, 3.63) is 77.9 Å². The number of amides is 1. The lowest BCUT2D eigenvalue weighted by Crippen LogP contribution is -2.34. The van der Waals surface area contributed by atoms with Gasteiger partial charge < -0.3 is 0 Å². The minimum Gasteiger partial charge on any atom is -0.289 e. The molecule has 0 aliphatic heterocycles. The molecule has 2 aromatic carbocycles. The third-order valence-corrected chi connectivity index (χ3v) is 6.55. The van der Waals surface area contributed by atoms with Crippen LogP contribution in [-0.2, 0) is 9.84 Å². The number of carbonyl (C=O) groups excluding carboxylic acids is 1. The Labute approximate surface area is 194 Å². The second kappa shape index (κ2) is 8.04. The van der Waals surface area contributed by atoms with Gasteiger partial charge in [-0.05, 0) is 37.1 Å². The lowest BCUT2D eigenvalue weighted by Gasteiger charge is -2.22. The van der Waals surface area contributed by atoms with Gasteiger partial charge in [-0.15, -0.1) is 0 Å². The lowest BCUT2D eigenvalue weighted by atomic mass is 10.1. The van der Waals surface area contributed by atoms with Crippen LogP contribution in [0, 0.1) is 17.1 Å². The van der Waals surface area contributed by atoms with E-state index in [1.165, 1.54) is 28.9 Å². The van der Waals surface area contributed by atoms with Gasteiger partial charge in [0.05, 0.1) is 17.5 Å². The molecule has 1 aliphatic rings. The van der Waals surface area contributed by atoms with Crippen LogP contribution < -0.4 is 4.90 Å². The number of aromatic nitrogens is 3. The van der Waals surface area contributed by atoms with Crippen molar-refractivity contribution in [1.29, 1.82) is 5.26 Å². The summed E-state index contributed by atoms with van der Waals surface area (Å²) in [4.78, 5) is 23.5. The Hall–Kier alpha value is -4.10. The highest BCUT2D eigenvalue weighted by Crippen LogP contribution is 2.35. The number of halogens is 1. The van der Waals surface area contributed by atoms with E-state index in [0.717, 1.165) is 25.2 Å². The standard InChI is InChI=1S/C24H18FN5O3S/c1-34(32,33)23-22-27-13-21(30(18-9-10-18)24(31)15-5-3-2-4-6-15)29(22)14-20(28-23)16-7-8-17(12-26)19(25)11-16/h2-8,11,13-14,18H,9-10H2,1H3. The van der Waals surface area contributed by atoms with Gasteiger partial charge in [0.2, 0.25) is 0 Å². The fourth-order valence-corrected chi connectivity index (χ4v) is 4.54. The molecule has 2 heterocycles. The van der Waals surface area contributed by atoms with E-state index < -0.39 is 15.7 Å². The molecule has 0 unspecified atom stereocenters. The number of hydrogen-bond donors (Lipinski definition) is 0. The quantitative estimate of drug-likeness (QED) is 0.436. The van der Waals surface area contributed by atoms with Crippen LogP contribution >= 0.6 is 0 Å². The molecule has 5 rings (SSSR count). The molecule has 170 valence electrons. The third kappa shape index (κ3) is 3.80. The minimum atomic E-state index is -3.82. The fourth-order valence-electron chi connectivity index (χ4n) is 3.79. The van der Waals surface area contributed by atoms with Crippen LogP contribution in [0.1, 0.15) is 28.8 Å². The van der Waals surface area contributed by atoms with E-state index in [9.17, 15) is 17.6 Å². The first-order valence-corrected chi connectivity index (χ1v) is 12.3. The van der Waals surface area contributed by atoms with Crippen LogP contribution in [0.2, 0.25) is 0 Å². The SMILES string of the molecule is CS(=O)(=O)c1nc(-c2ccc(C#N)c(F)c2)cn2c(N(C(=O)c3ccccc3)C3CC3)cnc12. The van der Waals surface area contributed by atoms with Gasteiger partial charge in [0.25, 0.3) is 5.91 Å². The van der Waals surface area contributed by atoms with E-state index in [1.54, 1.807) is 35.2 Å². The highest BCUT2D eigenvalue weighted by molar-refractivity contribution is 7.90. The maximum Gasteiger partial charge on any atom is 0.259 e. The predicted molar refractivity (Wildman–Crippen MR) is 122 cm³/mol. The zero-order valence-corrected chi connectivity index (χ0v) is 18.8. The van der Waals surface area contributed by atoms with Crippen LogP contribution in [0.15, 0.2) is 66.0 Å². The second-order valence-electron chi connectivity index (χ2n) is 8.09. The minimum absolute atomic E-state index is 0.0433. The summed E-state index contributed by atoms with van der Waals surface area (Å²) in [6.07, 6.45) is 5.61. The molecule has 1 amide bonds. The molecule has 0 N–H and O–H groups in total. The Bertz CT molecular complexity index is 1590. The number of hydrogen-bond acceptors (Lipinski definition) is 6. The largest absolute Gasteiger partial charge is 0.289 e. The van der Waals surface area contributed by atoms with Gasteiger partial charge in [-0.2, -0.15) is 5.26 Å². The molecule has 8 nitrogen and oxygen atoms in total. The summed E-state index contributed by atoms with van der Waals surface area (Å²) < 4.78 is 40.9. The van der Waals surface area contributed by atoms with Crippen LogP contribution in [0.3, 0.4) is 0 Å². The molecule has 34 heavy (non-hydrogen) atoms. The number of anilines is 1. The Morgan fingerprint density at radius 1 is 1.21 bits per heavy atom. The highest BCUT2D eigenvalue weighted by Gasteiger charge is 2.36. The molecule has 4 aromatic rings. The van der Waals surface area contributed by atoms with Crippen LogP contribution in [0.5, 0.6) is 0 Å². The summed E-state index contributed by atoms with van der Waals surface area (Å²) in [5.74, 6) is -0.574. The number of benzene rings is 2. The number of fused-ring (bicyclic) bond motifs is 1. The maximum atomic E-state index is 14.3. The molecular weight excluding hydrogens is 457 g/mol. The molecule has 0 radical (unpaired) electrons. The monoisotopic (exact) mass is 475 g/mol. The Balaban J connectivity index is 1.73. The Morgan fingerprint density at radius 3 is 2.56 bits per heavy atom. The normalized spacial score (nSPS) is 13.6. The van der Waals surface area contributed by atoms with E-state index in [0.29, 0.717) is 11.4 Å². The lowest BCUT2D eigenvalue weighted by molar-refractivity contribution is 0.0984. The molecular formula is C24H18FN5O3S. The molecule has 1 fully saturated rings. The first-order chi connectivity index (χ1) is 16.3. The third-order valence-electron chi connectivity index (χ3n) is 5.58. The van der Waals surface area contributed by atoms with Crippen molar-refractivity contribution < 1.29 is 17.6 Å². The summed E-state index contributed by atoms with van der Waals surface area (Å²) >= 11 is 0. The van der Waals surface area contributed by atoms with Crippen molar-refractivity contribution in [2.24, 2.45) is 0 Å². The van der Waals surface area contributed by atoms with Crippen molar-refractivity contribution in [2.45, 2.75) is 23.9 Å². The van der Waals surface area contributed by atoms with E-state index in [1.807, 2.05) is 6.07 Å². The van der Waals surface area contributed by atoms with E-state index in [2.05, 4.69) is 9.97 Å². The molecule has 1 aliphatic carbocycles. The summed E-state index contributed by atoms with van der Waals surface area (Å²) in [5, 5.41) is 8.72. The number of rotatable bonds is 5. The van der Waals surface area contributed by atoms with Crippen molar-refractivity contribution in [2.75, 3.05) is 11.2 Å². The topological polar surface area (TPSA) is 108 Å². The molecule has 2 aromatic heterocycles. The average Bonchev–Trinajstić information content (AvgIpc) is 3.57. The highest BCUT2D eigenvalue weighted by atomic mass is 32.2. The van der Waals surface area contributed by atoms with Gasteiger partial charge in [-0.25, -0.2) is 22.8 Å². The fraction of sp³-hybridized carbons (Fsp3) is 0.167. The van der Waals surface area contributed by atoms with Crippen molar-refractivity contribution in [3.8, 4) is 17.3 Å². The van der Waals surface area contributed by atoms with Gasteiger partial charge >= 0.3 is 0 Å². The number of nitriles is 1. The molecule has 1 saturated carbocycles. The smallest absolute Gasteiger partial charge is 0.259 e. The zero-order chi connectivity index (χ0) is 24.0. The van der Waals surface area contributed by atoms with Crippen molar-refractivity contribution in [1.82, 2.24) is 14.4 Å². The van der Waals surface area contributed by atoms with Crippen molar-refractivity contribution in [3.63, 3.8) is 0 Å². The number of nitrogens with zero attached hydrogens (tertiary/aromatic N) is 5. The van der Waals surface area contributed by atoms with Crippen molar-refractivity contribution >= 4 is 27.2 Å². The zero-order valence-electron chi connectivity index (χ0n) is 18.0. The molecule has 10 heteroatoms. The van der Waals surface area contributed by atoms with Crippen LogP contribution in [-0.4, -0.2) is 41.0 Å². The second-order valence-corrected chi connectivity index (χ2v) is 10.0. The van der Waals surface area contributed by atoms with E-state index in [-0.39, 0.29) is 39.4 Å². The molecule has 0 atom stereocenters. The van der Waals surface area contributed by atoms with Crippen LogP contribution in [0.25, 0.3) is 16.9 Å². The average molecular weight is 476 g/mol. The summed E-state index contributed by atoms with van der Waals surface area (Å²) in [6.45, 7) is 0. The molecule has 0 spiro atoms. The van der Waals surface area contributed by atoms with Gasteiger partial charge in [0.15, 0.2) is 20.5 Å². The summed E-state index contributed by atoms with van der Waals surface area (Å²) in [7, 11) is -3.82. The predicted octanol–water partition coefficient (Wildman–Crippen LogP) is 3.62.